The van der Waals surface area contributed by atoms with Crippen LogP contribution in [0.15, 0.2) is 0 Å². The minimum absolute atomic E-state index is 0.0454. The molecule has 7 nitrogen and oxygen atoms in total. The van der Waals surface area contributed by atoms with Crippen molar-refractivity contribution in [1.82, 2.24) is 15.5 Å². The molecule has 1 aromatic heterocycles. The first-order valence-electron chi connectivity index (χ1n) is 7.39. The van der Waals surface area contributed by atoms with E-state index < -0.39 is 0 Å². The van der Waals surface area contributed by atoms with Crippen LogP contribution < -0.4 is 15.1 Å². The van der Waals surface area contributed by atoms with Crippen LogP contribution in [0.5, 0.6) is 0 Å². The number of nitrogens with one attached hydrogen (secondary N) is 1. The molecule has 3 heterocycles. The lowest BCUT2D eigenvalue weighted by atomic mass is 10.2. The molecule has 0 radical (unpaired) electrons. The molecular weight excluding hydrogens is 290 g/mol. The molecule has 2 amide bonds. The van der Waals surface area contributed by atoms with Gasteiger partial charge in [-0.3, -0.25) is 14.5 Å². The van der Waals surface area contributed by atoms with E-state index in [1.54, 1.807) is 4.90 Å². The second-order valence-corrected chi connectivity index (χ2v) is 6.20. The Morgan fingerprint density at radius 3 is 2.86 bits per heavy atom. The highest BCUT2D eigenvalue weighted by Crippen LogP contribution is 2.33. The van der Waals surface area contributed by atoms with Crippen LogP contribution in [0, 0.1) is 0 Å². The van der Waals surface area contributed by atoms with E-state index in [-0.39, 0.29) is 17.9 Å². The largest absolute Gasteiger partial charge is 0.355 e. The van der Waals surface area contributed by atoms with E-state index in [2.05, 4.69) is 15.5 Å². The lowest BCUT2D eigenvalue weighted by Crippen LogP contribution is -2.43. The Kier molecular flexibility index (Phi) is 4.05. The number of carbonyl (C=O) groups is 2. The first-order valence-corrected chi connectivity index (χ1v) is 8.20. The molecule has 2 aliphatic rings. The number of likely N-dealkylation sites (N-methyl/N-ethyl adjacent to an activating group) is 1. The smallest absolute Gasteiger partial charge is 0.242 e. The summed E-state index contributed by atoms with van der Waals surface area (Å²) in [5.41, 5.74) is 0. The number of aromatic nitrogens is 2. The van der Waals surface area contributed by atoms with Gasteiger partial charge < -0.3 is 10.2 Å². The Balaban J connectivity index is 1.76. The summed E-state index contributed by atoms with van der Waals surface area (Å²) in [4.78, 5) is 27.5. The molecule has 21 heavy (non-hydrogen) atoms. The lowest BCUT2D eigenvalue weighted by molar-refractivity contribution is -0.122. The van der Waals surface area contributed by atoms with Gasteiger partial charge in [-0.25, -0.2) is 0 Å². The average molecular weight is 309 g/mol. The van der Waals surface area contributed by atoms with Gasteiger partial charge in [-0.2, -0.15) is 0 Å². The van der Waals surface area contributed by atoms with Gasteiger partial charge in [-0.15, -0.1) is 10.2 Å². The van der Waals surface area contributed by atoms with E-state index in [1.165, 1.54) is 11.3 Å². The van der Waals surface area contributed by atoms with Crippen molar-refractivity contribution in [3.8, 4) is 0 Å². The van der Waals surface area contributed by atoms with Crippen LogP contribution in [0.25, 0.3) is 0 Å². The van der Waals surface area contributed by atoms with Crippen LogP contribution in [-0.4, -0.2) is 47.7 Å². The number of hydrogen-bond acceptors (Lipinski definition) is 6. The van der Waals surface area contributed by atoms with Crippen molar-refractivity contribution in [1.29, 1.82) is 0 Å². The number of amides is 2. The predicted octanol–water partition coefficient (Wildman–Crippen LogP) is 0.770. The van der Waals surface area contributed by atoms with Gasteiger partial charge in [0.05, 0.1) is 0 Å². The van der Waals surface area contributed by atoms with Crippen molar-refractivity contribution in [2.45, 2.75) is 38.6 Å². The summed E-state index contributed by atoms with van der Waals surface area (Å²) in [5.74, 6) is 0.156. The van der Waals surface area contributed by atoms with Crippen molar-refractivity contribution < 1.29 is 9.59 Å². The van der Waals surface area contributed by atoms with Crippen LogP contribution in [-0.2, 0) is 9.59 Å². The number of nitrogens with zero attached hydrogens (tertiary/aromatic N) is 4. The summed E-state index contributed by atoms with van der Waals surface area (Å²) in [6, 6.07) is -0.167. The summed E-state index contributed by atoms with van der Waals surface area (Å²) < 4.78 is 0. The van der Waals surface area contributed by atoms with E-state index in [9.17, 15) is 9.59 Å². The monoisotopic (exact) mass is 309 g/mol. The van der Waals surface area contributed by atoms with E-state index in [4.69, 9.17) is 0 Å². The molecule has 0 bridgehead atoms. The van der Waals surface area contributed by atoms with Crippen LogP contribution >= 0.6 is 11.3 Å². The van der Waals surface area contributed by atoms with E-state index in [1.807, 2.05) is 11.8 Å². The maximum absolute atomic E-state index is 12.1. The Morgan fingerprint density at radius 2 is 2.14 bits per heavy atom. The molecule has 0 aromatic carbocycles. The Bertz CT molecular complexity index is 546. The molecule has 0 saturated carbocycles. The fraction of sp³-hybridized carbons (Fsp3) is 0.692. The molecule has 0 spiro atoms. The van der Waals surface area contributed by atoms with Crippen LogP contribution in [0.4, 0.5) is 10.3 Å². The van der Waals surface area contributed by atoms with Crippen molar-refractivity contribution in [3.05, 3.63) is 0 Å². The molecule has 1 unspecified atom stereocenters. The number of hydrogen-bond donors (Lipinski definition) is 1. The highest BCUT2D eigenvalue weighted by molar-refractivity contribution is 7.19. The van der Waals surface area contributed by atoms with Crippen LogP contribution in [0.3, 0.4) is 0 Å². The summed E-state index contributed by atoms with van der Waals surface area (Å²) in [5, 5.41) is 12.6. The van der Waals surface area contributed by atoms with Gasteiger partial charge in [0, 0.05) is 26.1 Å². The number of carbonyl (C=O) groups excluding carboxylic acids is 2. The third-order valence-corrected chi connectivity index (χ3v) is 4.84. The molecule has 2 saturated heterocycles. The van der Waals surface area contributed by atoms with Gasteiger partial charge in [0.1, 0.15) is 6.04 Å². The quantitative estimate of drug-likeness (QED) is 0.889. The zero-order valence-electron chi connectivity index (χ0n) is 12.0. The molecule has 1 aromatic rings. The zero-order chi connectivity index (χ0) is 14.8. The molecule has 2 aliphatic heterocycles. The molecule has 0 aliphatic carbocycles. The number of anilines is 2. The van der Waals surface area contributed by atoms with E-state index in [0.29, 0.717) is 24.6 Å². The summed E-state index contributed by atoms with van der Waals surface area (Å²) >= 11 is 1.40. The van der Waals surface area contributed by atoms with E-state index in [0.717, 1.165) is 30.9 Å². The number of rotatable bonds is 4. The van der Waals surface area contributed by atoms with Gasteiger partial charge in [0.2, 0.25) is 22.1 Å². The third-order valence-electron chi connectivity index (χ3n) is 3.86. The zero-order valence-corrected chi connectivity index (χ0v) is 12.9. The van der Waals surface area contributed by atoms with Crippen molar-refractivity contribution in [3.63, 3.8) is 0 Å². The minimum atomic E-state index is -0.167. The molecule has 1 atom stereocenters. The Morgan fingerprint density at radius 1 is 1.33 bits per heavy atom. The topological polar surface area (TPSA) is 78.4 Å². The first kappa shape index (κ1) is 14.2. The third kappa shape index (κ3) is 2.72. The molecule has 114 valence electrons. The van der Waals surface area contributed by atoms with Gasteiger partial charge >= 0.3 is 0 Å². The first-order chi connectivity index (χ1) is 10.2. The maximum Gasteiger partial charge on any atom is 0.242 e. The summed E-state index contributed by atoms with van der Waals surface area (Å²) in [6.45, 7) is 4.07. The van der Waals surface area contributed by atoms with Crippen molar-refractivity contribution in [2.24, 2.45) is 0 Å². The second-order valence-electron chi connectivity index (χ2n) is 5.26. The Hall–Kier alpha value is -1.70. The van der Waals surface area contributed by atoms with Gasteiger partial charge in [-0.1, -0.05) is 11.3 Å². The molecule has 2 fully saturated rings. The fourth-order valence-electron chi connectivity index (χ4n) is 2.84. The van der Waals surface area contributed by atoms with Gasteiger partial charge in [0.15, 0.2) is 0 Å². The van der Waals surface area contributed by atoms with E-state index >= 15 is 0 Å². The summed E-state index contributed by atoms with van der Waals surface area (Å²) in [7, 11) is 0. The van der Waals surface area contributed by atoms with Gasteiger partial charge in [-0.05, 0) is 26.2 Å². The highest BCUT2D eigenvalue weighted by Gasteiger charge is 2.33. The van der Waals surface area contributed by atoms with Gasteiger partial charge in [0.25, 0.3) is 0 Å². The molecule has 3 rings (SSSR count). The second kappa shape index (κ2) is 5.97. The predicted molar refractivity (Wildman–Crippen MR) is 80.5 cm³/mol. The SMILES string of the molecule is CCNC(=O)C1CCCN1c1nnc(N2CCCC2=O)s1. The molecular formula is C13H19N5O2S. The maximum atomic E-state index is 12.1. The standard InChI is InChI=1S/C13H19N5O2S/c1-2-14-11(20)9-5-3-7-17(9)12-15-16-13(21-12)18-8-4-6-10(18)19/h9H,2-8H2,1H3,(H,14,20). The Labute approximate surface area is 127 Å². The minimum Gasteiger partial charge on any atom is -0.355 e. The molecule has 1 N–H and O–H groups in total. The van der Waals surface area contributed by atoms with Crippen LogP contribution in [0.2, 0.25) is 0 Å². The van der Waals surface area contributed by atoms with Crippen LogP contribution in [0.1, 0.15) is 32.6 Å². The van der Waals surface area contributed by atoms with Crippen molar-refractivity contribution in [2.75, 3.05) is 29.4 Å². The van der Waals surface area contributed by atoms with Crippen molar-refractivity contribution >= 4 is 33.4 Å². The summed E-state index contributed by atoms with van der Waals surface area (Å²) in [6.07, 6.45) is 3.27. The highest BCUT2D eigenvalue weighted by atomic mass is 32.1. The fourth-order valence-corrected chi connectivity index (χ4v) is 3.81. The lowest BCUT2D eigenvalue weighted by Gasteiger charge is -2.22. The average Bonchev–Trinajstić information content (AvgIpc) is 3.17. The normalized spacial score (nSPS) is 22.1. The molecule has 8 heteroatoms.